The van der Waals surface area contributed by atoms with E-state index in [-0.39, 0.29) is 0 Å². The van der Waals surface area contributed by atoms with E-state index in [2.05, 4.69) is 31.0 Å². The predicted octanol–water partition coefficient (Wildman–Crippen LogP) is 1.96. The van der Waals surface area contributed by atoms with Crippen LogP contribution in [0.2, 0.25) is 0 Å². The lowest BCUT2D eigenvalue weighted by Crippen LogP contribution is -2.55. The highest BCUT2D eigenvalue weighted by molar-refractivity contribution is 4.90. The average Bonchev–Trinajstić information content (AvgIpc) is 2.21. The summed E-state index contributed by atoms with van der Waals surface area (Å²) in [7, 11) is 0. The minimum atomic E-state index is 0.739. The van der Waals surface area contributed by atoms with E-state index in [9.17, 15) is 0 Å². The van der Waals surface area contributed by atoms with Crippen LogP contribution in [0.25, 0.3) is 0 Å². The molecule has 2 bridgehead atoms. The minimum Gasteiger partial charge on any atom is -0.314 e. The van der Waals surface area contributed by atoms with Crippen LogP contribution in [0.3, 0.4) is 0 Å². The van der Waals surface area contributed by atoms with Crippen molar-refractivity contribution in [3.8, 4) is 0 Å². The largest absolute Gasteiger partial charge is 0.314 e. The lowest BCUT2D eigenvalue weighted by atomic mass is 9.81. The van der Waals surface area contributed by atoms with Crippen molar-refractivity contribution in [2.24, 2.45) is 17.8 Å². The average molecular weight is 210 g/mol. The smallest absolute Gasteiger partial charge is 0.00794 e. The number of hydrogen-bond donors (Lipinski definition) is 1. The molecule has 0 aliphatic carbocycles. The molecular formula is C13H26N2. The van der Waals surface area contributed by atoms with Gasteiger partial charge in [0.05, 0.1) is 0 Å². The maximum absolute atomic E-state index is 3.64. The van der Waals surface area contributed by atoms with Gasteiger partial charge in [-0.2, -0.15) is 0 Å². The zero-order valence-electron chi connectivity index (χ0n) is 10.5. The van der Waals surface area contributed by atoms with Crippen LogP contribution < -0.4 is 5.32 Å². The number of rotatable bonds is 3. The number of nitrogens with zero attached hydrogens (tertiary/aromatic N) is 1. The van der Waals surface area contributed by atoms with Crippen LogP contribution >= 0.6 is 0 Å². The zero-order valence-corrected chi connectivity index (χ0v) is 10.5. The van der Waals surface area contributed by atoms with Gasteiger partial charge in [0, 0.05) is 19.1 Å². The number of fused-ring (bicyclic) bond motifs is 2. The van der Waals surface area contributed by atoms with E-state index in [1.54, 1.807) is 0 Å². The Morgan fingerprint density at radius 2 is 2.13 bits per heavy atom. The minimum absolute atomic E-state index is 0.739. The molecule has 0 amide bonds. The van der Waals surface area contributed by atoms with E-state index in [4.69, 9.17) is 0 Å². The molecule has 0 aromatic carbocycles. The first kappa shape index (κ1) is 11.4. The maximum Gasteiger partial charge on any atom is 0.00794 e. The van der Waals surface area contributed by atoms with Crippen LogP contribution in [-0.4, -0.2) is 37.1 Å². The summed E-state index contributed by atoms with van der Waals surface area (Å²) >= 11 is 0. The number of hydrogen-bond acceptors (Lipinski definition) is 2. The summed E-state index contributed by atoms with van der Waals surface area (Å²) in [4.78, 5) is 2.70. The van der Waals surface area contributed by atoms with Gasteiger partial charge in [-0.15, -0.1) is 0 Å². The number of nitrogens with one attached hydrogen (secondary N) is 1. The van der Waals surface area contributed by atoms with Crippen LogP contribution in [0, 0.1) is 17.8 Å². The van der Waals surface area contributed by atoms with Gasteiger partial charge in [0.25, 0.3) is 0 Å². The van der Waals surface area contributed by atoms with Crippen LogP contribution in [0.1, 0.15) is 33.6 Å². The zero-order chi connectivity index (χ0) is 10.8. The Hall–Kier alpha value is -0.0800. The fraction of sp³-hybridized carbons (Fsp3) is 1.00. The van der Waals surface area contributed by atoms with Gasteiger partial charge in [-0.1, -0.05) is 13.8 Å². The fourth-order valence-electron chi connectivity index (χ4n) is 3.00. The molecule has 88 valence electrons. The Morgan fingerprint density at radius 3 is 2.87 bits per heavy atom. The maximum atomic E-state index is 3.64. The first-order chi connectivity index (χ1) is 7.15. The molecule has 2 heteroatoms. The third-order valence-corrected chi connectivity index (χ3v) is 4.10. The lowest BCUT2D eigenvalue weighted by molar-refractivity contribution is 0.0701. The summed E-state index contributed by atoms with van der Waals surface area (Å²) in [5, 5.41) is 3.64. The molecule has 0 aromatic rings. The molecule has 0 aromatic heterocycles. The molecule has 2 nitrogen and oxygen atoms in total. The van der Waals surface area contributed by atoms with Gasteiger partial charge in [0.2, 0.25) is 0 Å². The van der Waals surface area contributed by atoms with Gasteiger partial charge >= 0.3 is 0 Å². The second kappa shape index (κ2) is 4.84. The number of likely N-dealkylation sites (tertiary alicyclic amines) is 1. The van der Waals surface area contributed by atoms with Gasteiger partial charge < -0.3 is 10.2 Å². The van der Waals surface area contributed by atoms with Crippen molar-refractivity contribution in [1.82, 2.24) is 10.2 Å². The van der Waals surface area contributed by atoms with Crippen molar-refractivity contribution in [3.63, 3.8) is 0 Å². The van der Waals surface area contributed by atoms with E-state index in [1.807, 2.05) is 0 Å². The Labute approximate surface area is 94.4 Å². The van der Waals surface area contributed by atoms with Crippen LogP contribution in [0.4, 0.5) is 0 Å². The molecule has 2 heterocycles. The van der Waals surface area contributed by atoms with Gasteiger partial charge in [0.15, 0.2) is 0 Å². The SMILES string of the molecule is CC(C)CCN1C[C@@H]2CN[C@@H](C)[C@H](C2)C1. The first-order valence-electron chi connectivity index (χ1n) is 6.61. The highest BCUT2D eigenvalue weighted by Gasteiger charge is 2.33. The summed E-state index contributed by atoms with van der Waals surface area (Å²) in [5.41, 5.74) is 0. The summed E-state index contributed by atoms with van der Waals surface area (Å²) in [6, 6.07) is 0.739. The molecular weight excluding hydrogens is 184 g/mol. The normalized spacial score (nSPS) is 37.2. The molecule has 0 unspecified atom stereocenters. The van der Waals surface area contributed by atoms with Gasteiger partial charge in [-0.25, -0.2) is 0 Å². The summed E-state index contributed by atoms with van der Waals surface area (Å²) in [6.07, 6.45) is 2.83. The molecule has 2 aliphatic rings. The molecule has 1 N–H and O–H groups in total. The monoisotopic (exact) mass is 210 g/mol. The van der Waals surface area contributed by atoms with Crippen molar-refractivity contribution in [3.05, 3.63) is 0 Å². The number of piperidine rings is 2. The van der Waals surface area contributed by atoms with E-state index < -0.39 is 0 Å². The molecule has 2 saturated heterocycles. The third kappa shape index (κ3) is 2.94. The Morgan fingerprint density at radius 1 is 1.33 bits per heavy atom. The second-order valence-corrected chi connectivity index (χ2v) is 6.00. The standard InChI is InChI=1S/C13H26N2/c1-10(2)4-5-15-8-12-6-13(9-15)11(3)14-7-12/h10-14H,4-9H2,1-3H3/t11-,12-,13+/m0/s1. The Kier molecular flexibility index (Phi) is 3.68. The molecule has 2 aliphatic heterocycles. The van der Waals surface area contributed by atoms with Crippen molar-refractivity contribution in [2.75, 3.05) is 26.2 Å². The molecule has 3 atom stereocenters. The topological polar surface area (TPSA) is 15.3 Å². The Bertz CT molecular complexity index is 203. The van der Waals surface area contributed by atoms with Gasteiger partial charge in [-0.05, 0) is 50.6 Å². The van der Waals surface area contributed by atoms with E-state index >= 15 is 0 Å². The molecule has 2 rings (SSSR count). The highest BCUT2D eigenvalue weighted by atomic mass is 15.2. The summed E-state index contributed by atoms with van der Waals surface area (Å²) in [6.45, 7) is 12.2. The Balaban J connectivity index is 1.83. The second-order valence-electron chi connectivity index (χ2n) is 6.00. The van der Waals surface area contributed by atoms with E-state index in [0.29, 0.717) is 0 Å². The lowest BCUT2D eigenvalue weighted by Gasteiger charge is -2.45. The molecule has 0 radical (unpaired) electrons. The molecule has 2 fully saturated rings. The van der Waals surface area contributed by atoms with Crippen molar-refractivity contribution < 1.29 is 0 Å². The van der Waals surface area contributed by atoms with Crippen LogP contribution in [-0.2, 0) is 0 Å². The third-order valence-electron chi connectivity index (χ3n) is 4.10. The molecule has 0 spiro atoms. The summed E-state index contributed by atoms with van der Waals surface area (Å²) < 4.78 is 0. The van der Waals surface area contributed by atoms with Crippen LogP contribution in [0.5, 0.6) is 0 Å². The van der Waals surface area contributed by atoms with Crippen molar-refractivity contribution >= 4 is 0 Å². The first-order valence-corrected chi connectivity index (χ1v) is 6.61. The fourth-order valence-corrected chi connectivity index (χ4v) is 3.00. The molecule has 0 saturated carbocycles. The highest BCUT2D eigenvalue weighted by Crippen LogP contribution is 2.28. The van der Waals surface area contributed by atoms with E-state index in [1.165, 1.54) is 39.0 Å². The molecule has 15 heavy (non-hydrogen) atoms. The van der Waals surface area contributed by atoms with Gasteiger partial charge in [-0.3, -0.25) is 0 Å². The van der Waals surface area contributed by atoms with Crippen LogP contribution in [0.15, 0.2) is 0 Å². The van der Waals surface area contributed by atoms with Crippen molar-refractivity contribution in [2.45, 2.75) is 39.7 Å². The summed E-state index contributed by atoms with van der Waals surface area (Å²) in [5.74, 6) is 2.68. The predicted molar refractivity (Wildman–Crippen MR) is 65.0 cm³/mol. The van der Waals surface area contributed by atoms with Gasteiger partial charge in [0.1, 0.15) is 0 Å². The van der Waals surface area contributed by atoms with E-state index in [0.717, 1.165) is 23.8 Å². The van der Waals surface area contributed by atoms with Crippen molar-refractivity contribution in [1.29, 1.82) is 0 Å². The quantitative estimate of drug-likeness (QED) is 0.766.